The maximum Gasteiger partial charge on any atom is 0.320 e. The maximum atomic E-state index is 10.7. The van der Waals surface area contributed by atoms with E-state index in [2.05, 4.69) is 0 Å². The summed E-state index contributed by atoms with van der Waals surface area (Å²) in [6.45, 7) is 3.60. The van der Waals surface area contributed by atoms with Gasteiger partial charge >= 0.3 is 5.97 Å². The third-order valence-corrected chi connectivity index (χ3v) is 2.07. The quantitative estimate of drug-likeness (QED) is 0.610. The Kier molecular flexibility index (Phi) is 4.40. The highest BCUT2D eigenvalue weighted by molar-refractivity contribution is 5.76. The van der Waals surface area contributed by atoms with Crippen LogP contribution in [0.2, 0.25) is 0 Å². The number of carboxylic acids is 1. The van der Waals surface area contributed by atoms with Crippen LogP contribution < -0.4 is 5.73 Å². The molecule has 0 aliphatic heterocycles. The Balaban J connectivity index is 4.06. The summed E-state index contributed by atoms with van der Waals surface area (Å²) in [7, 11) is 1.65. The summed E-state index contributed by atoms with van der Waals surface area (Å²) >= 11 is 0. The first-order chi connectivity index (χ1) is 5.86. The molecule has 0 aromatic rings. The number of carbonyl (C=O) groups is 2. The molecule has 3 N–H and O–H groups in total. The minimum atomic E-state index is -0.904. The summed E-state index contributed by atoms with van der Waals surface area (Å²) in [5, 5.41) is 8.65. The van der Waals surface area contributed by atoms with Crippen molar-refractivity contribution in [3.63, 3.8) is 0 Å². The van der Waals surface area contributed by atoms with Gasteiger partial charge in [-0.05, 0) is 14.0 Å². The molecule has 1 amide bonds. The van der Waals surface area contributed by atoms with Crippen molar-refractivity contribution in [2.75, 3.05) is 13.6 Å². The molecule has 76 valence electrons. The van der Waals surface area contributed by atoms with Crippen molar-refractivity contribution in [3.05, 3.63) is 0 Å². The first-order valence-corrected chi connectivity index (χ1v) is 4.08. The number of hydrogen-bond donors (Lipinski definition) is 2. The Bertz CT molecular complexity index is 206. The highest BCUT2D eigenvalue weighted by Crippen LogP contribution is 2.01. The molecule has 0 fully saturated rings. The molecule has 13 heavy (non-hydrogen) atoms. The minimum Gasteiger partial charge on any atom is -0.480 e. The van der Waals surface area contributed by atoms with E-state index in [1.807, 2.05) is 0 Å². The van der Waals surface area contributed by atoms with E-state index in [1.165, 1.54) is 0 Å². The molecule has 0 saturated heterocycles. The van der Waals surface area contributed by atoms with Crippen LogP contribution >= 0.6 is 0 Å². The van der Waals surface area contributed by atoms with Crippen LogP contribution in [0.1, 0.15) is 13.8 Å². The Morgan fingerprint density at radius 1 is 1.46 bits per heavy atom. The zero-order chi connectivity index (χ0) is 10.6. The molecule has 0 radical (unpaired) electrons. The van der Waals surface area contributed by atoms with Crippen molar-refractivity contribution < 1.29 is 14.7 Å². The zero-order valence-electron chi connectivity index (χ0n) is 8.15. The first-order valence-electron chi connectivity index (χ1n) is 4.08. The molecule has 5 heteroatoms. The minimum absolute atomic E-state index is 0.327. The summed E-state index contributed by atoms with van der Waals surface area (Å²) in [6, 6.07) is -0.596. The highest BCUT2D eigenvalue weighted by Gasteiger charge is 2.20. The lowest BCUT2D eigenvalue weighted by molar-refractivity contribution is -0.142. The number of nitrogens with two attached hydrogens (primary N) is 1. The second kappa shape index (κ2) is 4.81. The number of amides is 1. The number of carbonyl (C=O) groups excluding carboxylic acids is 1. The second-order valence-corrected chi connectivity index (χ2v) is 3.26. The van der Waals surface area contributed by atoms with Crippen molar-refractivity contribution >= 4 is 11.9 Å². The summed E-state index contributed by atoms with van der Waals surface area (Å²) in [5.41, 5.74) is 5.05. The van der Waals surface area contributed by atoms with Crippen LogP contribution in [-0.4, -0.2) is 41.5 Å². The average molecular weight is 188 g/mol. The van der Waals surface area contributed by atoms with Gasteiger partial charge in [-0.2, -0.15) is 0 Å². The molecular formula is C8H16N2O3. The fourth-order valence-electron chi connectivity index (χ4n) is 0.869. The maximum absolute atomic E-state index is 10.7. The normalized spacial score (nSPS) is 15.4. The van der Waals surface area contributed by atoms with Gasteiger partial charge in [0.05, 0.1) is 0 Å². The number of rotatable bonds is 5. The Morgan fingerprint density at radius 3 is 2.23 bits per heavy atom. The summed E-state index contributed by atoms with van der Waals surface area (Å²) in [4.78, 5) is 22.8. The lowest BCUT2D eigenvalue weighted by Crippen LogP contribution is -2.41. The zero-order valence-corrected chi connectivity index (χ0v) is 8.15. The van der Waals surface area contributed by atoms with Gasteiger partial charge in [-0.1, -0.05) is 6.92 Å². The molecule has 0 aromatic carbocycles. The number of hydrogen-bond acceptors (Lipinski definition) is 3. The highest BCUT2D eigenvalue weighted by atomic mass is 16.4. The molecule has 0 aromatic heterocycles. The molecule has 0 bridgehead atoms. The standard InChI is InChI=1S/C8H16N2O3/c1-5(7(9)11)4-10(3)6(2)8(12)13/h5-6H,4H2,1-3H3,(H2,9,11)(H,12,13). The fourth-order valence-corrected chi connectivity index (χ4v) is 0.869. The molecule has 0 heterocycles. The van der Waals surface area contributed by atoms with Crippen LogP contribution in [0.3, 0.4) is 0 Å². The van der Waals surface area contributed by atoms with E-state index in [-0.39, 0.29) is 5.92 Å². The molecule has 0 aliphatic rings. The van der Waals surface area contributed by atoms with E-state index in [0.717, 1.165) is 0 Å². The first kappa shape index (κ1) is 11.9. The van der Waals surface area contributed by atoms with Gasteiger partial charge in [-0.25, -0.2) is 0 Å². The van der Waals surface area contributed by atoms with Gasteiger partial charge in [-0.15, -0.1) is 0 Å². The van der Waals surface area contributed by atoms with E-state index < -0.39 is 17.9 Å². The lowest BCUT2D eigenvalue weighted by atomic mass is 10.1. The van der Waals surface area contributed by atoms with E-state index in [4.69, 9.17) is 10.8 Å². The third kappa shape index (κ3) is 3.89. The smallest absolute Gasteiger partial charge is 0.320 e. The second-order valence-electron chi connectivity index (χ2n) is 3.26. The molecule has 0 saturated carbocycles. The van der Waals surface area contributed by atoms with Crippen LogP contribution in [0.4, 0.5) is 0 Å². The van der Waals surface area contributed by atoms with E-state index in [0.29, 0.717) is 6.54 Å². The average Bonchev–Trinajstić information content (AvgIpc) is 2.02. The third-order valence-electron chi connectivity index (χ3n) is 2.07. The molecule has 0 spiro atoms. The lowest BCUT2D eigenvalue weighted by Gasteiger charge is -2.23. The number of primary amides is 1. The van der Waals surface area contributed by atoms with Crippen molar-refractivity contribution in [2.45, 2.75) is 19.9 Å². The van der Waals surface area contributed by atoms with Gasteiger partial charge in [0.25, 0.3) is 0 Å². The molecular weight excluding hydrogens is 172 g/mol. The van der Waals surface area contributed by atoms with E-state index >= 15 is 0 Å². The molecule has 5 nitrogen and oxygen atoms in total. The van der Waals surface area contributed by atoms with E-state index in [9.17, 15) is 9.59 Å². The Morgan fingerprint density at radius 2 is 1.92 bits per heavy atom. The van der Waals surface area contributed by atoms with Gasteiger partial charge in [0, 0.05) is 12.5 Å². The van der Waals surface area contributed by atoms with Gasteiger partial charge in [0.15, 0.2) is 0 Å². The van der Waals surface area contributed by atoms with Gasteiger partial charge in [0.1, 0.15) is 6.04 Å². The Labute approximate surface area is 77.5 Å². The predicted octanol–water partition coefficient (Wildman–Crippen LogP) is -0.487. The summed E-state index contributed by atoms with van der Waals surface area (Å²) < 4.78 is 0. The van der Waals surface area contributed by atoms with Crippen molar-refractivity contribution in [1.82, 2.24) is 4.90 Å². The van der Waals surface area contributed by atoms with E-state index in [1.54, 1.807) is 25.8 Å². The van der Waals surface area contributed by atoms with Crippen LogP contribution in [0.5, 0.6) is 0 Å². The SMILES string of the molecule is CC(CN(C)C(C)C(=O)O)C(N)=O. The Hall–Kier alpha value is -1.10. The summed E-state index contributed by atoms with van der Waals surface area (Å²) in [6.07, 6.45) is 0. The molecule has 0 aliphatic carbocycles. The number of nitrogens with zero attached hydrogens (tertiary/aromatic N) is 1. The van der Waals surface area contributed by atoms with Crippen LogP contribution in [0.25, 0.3) is 0 Å². The number of likely N-dealkylation sites (N-methyl/N-ethyl adjacent to an activating group) is 1. The van der Waals surface area contributed by atoms with Crippen molar-refractivity contribution in [1.29, 1.82) is 0 Å². The molecule has 0 rings (SSSR count). The number of aliphatic carboxylic acids is 1. The number of carboxylic acid groups (broad SMARTS) is 1. The van der Waals surface area contributed by atoms with Gasteiger partial charge in [-0.3, -0.25) is 14.5 Å². The topological polar surface area (TPSA) is 83.6 Å². The van der Waals surface area contributed by atoms with Gasteiger partial charge in [0.2, 0.25) is 5.91 Å². The predicted molar refractivity (Wildman–Crippen MR) is 48.1 cm³/mol. The van der Waals surface area contributed by atoms with Gasteiger partial charge < -0.3 is 10.8 Å². The summed E-state index contributed by atoms with van der Waals surface area (Å²) in [5.74, 6) is -1.64. The largest absolute Gasteiger partial charge is 0.480 e. The van der Waals surface area contributed by atoms with Crippen molar-refractivity contribution in [3.8, 4) is 0 Å². The van der Waals surface area contributed by atoms with Crippen LogP contribution in [0, 0.1) is 5.92 Å². The van der Waals surface area contributed by atoms with Crippen LogP contribution in [0.15, 0.2) is 0 Å². The molecule has 2 unspecified atom stereocenters. The molecule has 2 atom stereocenters. The van der Waals surface area contributed by atoms with Crippen LogP contribution in [-0.2, 0) is 9.59 Å². The monoisotopic (exact) mass is 188 g/mol. The fraction of sp³-hybridized carbons (Fsp3) is 0.750. The van der Waals surface area contributed by atoms with Crippen molar-refractivity contribution in [2.24, 2.45) is 11.7 Å².